The zero-order valence-corrected chi connectivity index (χ0v) is 13.6. The fourth-order valence-electron chi connectivity index (χ4n) is 2.36. The van der Waals surface area contributed by atoms with Crippen molar-refractivity contribution >= 4 is 20.0 Å². The highest BCUT2D eigenvalue weighted by Gasteiger charge is 2.22. The van der Waals surface area contributed by atoms with Crippen molar-refractivity contribution in [1.82, 2.24) is 9.44 Å². The molecule has 0 bridgehead atoms. The van der Waals surface area contributed by atoms with Gasteiger partial charge in [-0.15, -0.1) is 0 Å². The van der Waals surface area contributed by atoms with Gasteiger partial charge in [0.15, 0.2) is 0 Å². The molecule has 0 spiro atoms. The average molecular weight is 350 g/mol. The Morgan fingerprint density at radius 2 is 1.64 bits per heavy atom. The van der Waals surface area contributed by atoms with Gasteiger partial charge < -0.3 is 0 Å². The van der Waals surface area contributed by atoms with Crippen LogP contribution in [0.25, 0.3) is 0 Å². The third-order valence-corrected chi connectivity index (χ3v) is 6.40. The second-order valence-electron chi connectivity index (χ2n) is 5.27. The Labute approximate surface area is 130 Å². The van der Waals surface area contributed by atoms with E-state index in [4.69, 9.17) is 0 Å². The van der Waals surface area contributed by atoms with Gasteiger partial charge in [0.05, 0.1) is 10.6 Å². The highest BCUT2D eigenvalue weighted by atomic mass is 32.2. The molecule has 1 fully saturated rings. The van der Waals surface area contributed by atoms with Crippen molar-refractivity contribution in [2.45, 2.75) is 36.6 Å². The molecule has 0 amide bonds. The molecule has 1 saturated carbocycles. The van der Waals surface area contributed by atoms with Gasteiger partial charge >= 0.3 is 0 Å². The Morgan fingerprint density at radius 1 is 1.05 bits per heavy atom. The maximum absolute atomic E-state index is 12.8. The molecule has 0 aliphatic heterocycles. The first-order chi connectivity index (χ1) is 10.3. The van der Waals surface area contributed by atoms with Crippen molar-refractivity contribution in [2.75, 3.05) is 12.3 Å². The van der Waals surface area contributed by atoms with Crippen LogP contribution in [0.15, 0.2) is 29.2 Å². The summed E-state index contributed by atoms with van der Waals surface area (Å²) in [7, 11) is -7.35. The molecule has 0 aromatic heterocycles. The molecule has 0 radical (unpaired) electrons. The van der Waals surface area contributed by atoms with Crippen LogP contribution in [0, 0.1) is 5.82 Å². The molecule has 0 heterocycles. The van der Waals surface area contributed by atoms with Gasteiger partial charge in [0.1, 0.15) is 5.82 Å². The lowest BCUT2D eigenvalue weighted by Gasteiger charge is -2.13. The molecule has 0 atom stereocenters. The normalized spacial score (nSPS) is 17.0. The van der Waals surface area contributed by atoms with Crippen LogP contribution >= 0.6 is 0 Å². The predicted molar refractivity (Wildman–Crippen MR) is 80.8 cm³/mol. The van der Waals surface area contributed by atoms with E-state index in [1.165, 1.54) is 0 Å². The fraction of sp³-hybridized carbons (Fsp3) is 0.538. The molecule has 6 nitrogen and oxygen atoms in total. The number of nitrogens with one attached hydrogen (secondary N) is 2. The van der Waals surface area contributed by atoms with E-state index in [0.717, 1.165) is 49.9 Å². The zero-order chi connectivity index (χ0) is 16.2. The first-order valence-electron chi connectivity index (χ1n) is 7.04. The van der Waals surface area contributed by atoms with Gasteiger partial charge in [0.25, 0.3) is 0 Å². The van der Waals surface area contributed by atoms with E-state index < -0.39 is 25.9 Å². The number of sulfonamides is 2. The van der Waals surface area contributed by atoms with Gasteiger partial charge in [-0.05, 0) is 37.1 Å². The SMILES string of the molecule is O=S(=O)(CCNS(=O)(=O)c1ccc(F)cc1)NC1CCCC1. The summed E-state index contributed by atoms with van der Waals surface area (Å²) >= 11 is 0. The van der Waals surface area contributed by atoms with Crippen LogP contribution in [0.1, 0.15) is 25.7 Å². The number of halogens is 1. The third kappa shape index (κ3) is 5.01. The summed E-state index contributed by atoms with van der Waals surface area (Å²) in [5.74, 6) is -0.869. The molecule has 9 heteroatoms. The van der Waals surface area contributed by atoms with E-state index in [1.54, 1.807) is 0 Å². The maximum Gasteiger partial charge on any atom is 0.240 e. The van der Waals surface area contributed by atoms with Crippen molar-refractivity contribution in [3.63, 3.8) is 0 Å². The Kier molecular flexibility index (Phi) is 5.54. The second-order valence-corrected chi connectivity index (χ2v) is 8.91. The van der Waals surface area contributed by atoms with Gasteiger partial charge in [-0.2, -0.15) is 0 Å². The summed E-state index contributed by atoms with van der Waals surface area (Å²) in [6.45, 7) is -0.234. The highest BCUT2D eigenvalue weighted by molar-refractivity contribution is 7.90. The van der Waals surface area contributed by atoms with Gasteiger partial charge in [-0.3, -0.25) is 0 Å². The fourth-order valence-corrected chi connectivity index (χ4v) is 4.76. The maximum atomic E-state index is 12.8. The molecule has 1 aliphatic rings. The first-order valence-corrected chi connectivity index (χ1v) is 10.2. The van der Waals surface area contributed by atoms with E-state index in [1.807, 2.05) is 0 Å². The summed E-state index contributed by atoms with van der Waals surface area (Å²) in [5.41, 5.74) is 0. The Hall–Kier alpha value is -1.03. The largest absolute Gasteiger partial charge is 0.240 e. The van der Waals surface area contributed by atoms with Crippen molar-refractivity contribution in [3.8, 4) is 0 Å². The smallest absolute Gasteiger partial charge is 0.212 e. The molecule has 1 aromatic rings. The van der Waals surface area contributed by atoms with Crippen LogP contribution < -0.4 is 9.44 Å². The minimum absolute atomic E-state index is 0.0429. The van der Waals surface area contributed by atoms with Gasteiger partial charge in [-0.1, -0.05) is 12.8 Å². The topological polar surface area (TPSA) is 92.3 Å². The van der Waals surface area contributed by atoms with Crippen LogP contribution in [-0.2, 0) is 20.0 Å². The zero-order valence-electron chi connectivity index (χ0n) is 12.0. The second kappa shape index (κ2) is 7.03. The highest BCUT2D eigenvalue weighted by Crippen LogP contribution is 2.18. The molecule has 0 unspecified atom stereocenters. The van der Waals surface area contributed by atoms with Crippen molar-refractivity contribution in [1.29, 1.82) is 0 Å². The van der Waals surface area contributed by atoms with Crippen LogP contribution in [0.5, 0.6) is 0 Å². The van der Waals surface area contributed by atoms with E-state index >= 15 is 0 Å². The molecule has 2 rings (SSSR count). The first kappa shape index (κ1) is 17.3. The molecule has 1 aromatic carbocycles. The summed E-state index contributed by atoms with van der Waals surface area (Å²) < 4.78 is 65.1. The molecule has 22 heavy (non-hydrogen) atoms. The molecular weight excluding hydrogens is 331 g/mol. The average Bonchev–Trinajstić information content (AvgIpc) is 2.90. The number of benzene rings is 1. The molecule has 124 valence electrons. The van der Waals surface area contributed by atoms with Gasteiger partial charge in [-0.25, -0.2) is 30.7 Å². The molecular formula is C13H19FN2O4S2. The lowest BCUT2D eigenvalue weighted by molar-refractivity contribution is 0.550. The predicted octanol–water partition coefficient (Wildman–Crippen LogP) is 0.966. The minimum Gasteiger partial charge on any atom is -0.212 e. The van der Waals surface area contributed by atoms with Crippen LogP contribution in [0.2, 0.25) is 0 Å². The molecule has 2 N–H and O–H groups in total. The van der Waals surface area contributed by atoms with Crippen molar-refractivity contribution < 1.29 is 21.2 Å². The Balaban J connectivity index is 1.87. The van der Waals surface area contributed by atoms with Crippen molar-refractivity contribution in [3.05, 3.63) is 30.1 Å². The lowest BCUT2D eigenvalue weighted by Crippen LogP contribution is -2.38. The number of hydrogen-bond acceptors (Lipinski definition) is 4. The van der Waals surface area contributed by atoms with Crippen LogP contribution in [-0.4, -0.2) is 35.2 Å². The summed E-state index contributed by atoms with van der Waals surface area (Å²) in [6, 6.07) is 4.28. The van der Waals surface area contributed by atoms with E-state index in [9.17, 15) is 21.2 Å². The van der Waals surface area contributed by atoms with E-state index in [0.29, 0.717) is 0 Å². The minimum atomic E-state index is -3.84. The monoisotopic (exact) mass is 350 g/mol. The van der Waals surface area contributed by atoms with Gasteiger partial charge in [0, 0.05) is 12.6 Å². The van der Waals surface area contributed by atoms with Crippen LogP contribution in [0.4, 0.5) is 4.39 Å². The summed E-state index contributed by atoms with van der Waals surface area (Å²) in [6.07, 6.45) is 3.65. The number of rotatable bonds is 7. The Morgan fingerprint density at radius 3 is 2.23 bits per heavy atom. The van der Waals surface area contributed by atoms with E-state index in [-0.39, 0.29) is 23.2 Å². The third-order valence-electron chi connectivity index (χ3n) is 3.49. The summed E-state index contributed by atoms with van der Waals surface area (Å²) in [5, 5.41) is 0. The lowest BCUT2D eigenvalue weighted by atomic mass is 10.3. The van der Waals surface area contributed by atoms with E-state index in [2.05, 4.69) is 9.44 Å². The van der Waals surface area contributed by atoms with Crippen molar-refractivity contribution in [2.24, 2.45) is 0 Å². The van der Waals surface area contributed by atoms with Gasteiger partial charge in [0.2, 0.25) is 20.0 Å². The summed E-state index contributed by atoms with van der Waals surface area (Å²) in [4.78, 5) is -0.102. The Bertz CT molecular complexity index is 696. The number of hydrogen-bond donors (Lipinski definition) is 2. The standard InChI is InChI=1S/C13H19FN2O4S2/c14-11-5-7-13(8-6-11)22(19,20)15-9-10-21(17,18)16-12-3-1-2-4-12/h5-8,12,15-16H,1-4,9-10H2. The quantitative estimate of drug-likeness (QED) is 0.766. The molecule has 0 saturated heterocycles. The molecule has 1 aliphatic carbocycles. The van der Waals surface area contributed by atoms with Crippen LogP contribution in [0.3, 0.4) is 0 Å².